The zero-order valence-electron chi connectivity index (χ0n) is 11.2. The van der Waals surface area contributed by atoms with E-state index in [2.05, 4.69) is 6.07 Å². The van der Waals surface area contributed by atoms with Crippen LogP contribution >= 0.6 is 0 Å². The first kappa shape index (κ1) is 13.4. The standard InChI is InChI=1S/C15H24N2O/c16-11-14-7-4-10-17(12-14)15(18)9-8-13-5-2-1-3-6-13/h13-14H,1-10,12H2. The van der Waals surface area contributed by atoms with Crippen LogP contribution in [-0.2, 0) is 4.79 Å². The van der Waals surface area contributed by atoms with E-state index in [9.17, 15) is 4.79 Å². The van der Waals surface area contributed by atoms with Gasteiger partial charge in [-0.1, -0.05) is 32.1 Å². The highest BCUT2D eigenvalue weighted by molar-refractivity contribution is 5.76. The second-order valence-corrected chi connectivity index (χ2v) is 5.85. The Bertz CT molecular complexity index is 315. The van der Waals surface area contributed by atoms with Gasteiger partial charge in [-0.25, -0.2) is 0 Å². The molecular weight excluding hydrogens is 224 g/mol. The largest absolute Gasteiger partial charge is 0.341 e. The van der Waals surface area contributed by atoms with Crippen molar-refractivity contribution in [3.05, 3.63) is 0 Å². The quantitative estimate of drug-likeness (QED) is 0.770. The summed E-state index contributed by atoms with van der Waals surface area (Å²) in [7, 11) is 0. The number of rotatable bonds is 3. The Balaban J connectivity index is 1.72. The molecule has 0 radical (unpaired) electrons. The zero-order chi connectivity index (χ0) is 12.8. The van der Waals surface area contributed by atoms with Gasteiger partial charge in [-0.3, -0.25) is 4.79 Å². The first-order valence-corrected chi connectivity index (χ1v) is 7.47. The fourth-order valence-corrected chi connectivity index (χ4v) is 3.27. The molecule has 2 fully saturated rings. The molecule has 1 unspecified atom stereocenters. The average Bonchev–Trinajstić information content (AvgIpc) is 2.46. The number of amides is 1. The Morgan fingerprint density at radius 3 is 2.67 bits per heavy atom. The van der Waals surface area contributed by atoms with Crippen molar-refractivity contribution in [1.82, 2.24) is 4.90 Å². The third kappa shape index (κ3) is 3.73. The van der Waals surface area contributed by atoms with Gasteiger partial charge in [0.2, 0.25) is 5.91 Å². The van der Waals surface area contributed by atoms with Gasteiger partial charge in [0.15, 0.2) is 0 Å². The van der Waals surface area contributed by atoms with Crippen molar-refractivity contribution in [1.29, 1.82) is 5.26 Å². The van der Waals surface area contributed by atoms with Crippen LogP contribution in [0.25, 0.3) is 0 Å². The van der Waals surface area contributed by atoms with Gasteiger partial charge in [-0.15, -0.1) is 0 Å². The molecule has 2 rings (SSSR count). The van der Waals surface area contributed by atoms with Gasteiger partial charge in [0.25, 0.3) is 0 Å². The lowest BCUT2D eigenvalue weighted by atomic mass is 9.86. The van der Waals surface area contributed by atoms with Crippen LogP contribution in [-0.4, -0.2) is 23.9 Å². The molecule has 0 spiro atoms. The minimum atomic E-state index is 0.0670. The SMILES string of the molecule is N#CC1CCCN(C(=O)CCC2CCCCC2)C1. The molecule has 100 valence electrons. The number of hydrogen-bond donors (Lipinski definition) is 0. The summed E-state index contributed by atoms with van der Waals surface area (Å²) in [5, 5.41) is 8.94. The molecule has 1 saturated carbocycles. The highest BCUT2D eigenvalue weighted by Gasteiger charge is 2.24. The average molecular weight is 248 g/mol. The topological polar surface area (TPSA) is 44.1 Å². The fourth-order valence-electron chi connectivity index (χ4n) is 3.27. The summed E-state index contributed by atoms with van der Waals surface area (Å²) in [5.74, 6) is 1.12. The number of carbonyl (C=O) groups is 1. The lowest BCUT2D eigenvalue weighted by Gasteiger charge is -2.30. The summed E-state index contributed by atoms with van der Waals surface area (Å²) in [4.78, 5) is 14.0. The number of nitrogens with zero attached hydrogens (tertiary/aromatic N) is 2. The summed E-state index contributed by atoms with van der Waals surface area (Å²) in [6, 6.07) is 2.30. The lowest BCUT2D eigenvalue weighted by molar-refractivity contribution is -0.133. The second kappa shape index (κ2) is 6.78. The zero-order valence-corrected chi connectivity index (χ0v) is 11.2. The van der Waals surface area contributed by atoms with Gasteiger partial charge < -0.3 is 4.90 Å². The monoisotopic (exact) mass is 248 g/mol. The van der Waals surface area contributed by atoms with E-state index in [0.29, 0.717) is 13.0 Å². The Kier molecular flexibility index (Phi) is 5.04. The molecule has 2 aliphatic rings. The van der Waals surface area contributed by atoms with Crippen LogP contribution < -0.4 is 0 Å². The Labute approximate surface area is 110 Å². The van der Waals surface area contributed by atoms with Crippen molar-refractivity contribution in [3.63, 3.8) is 0 Å². The number of likely N-dealkylation sites (tertiary alicyclic amines) is 1. The predicted octanol–water partition coefficient (Wildman–Crippen LogP) is 3.11. The van der Waals surface area contributed by atoms with Gasteiger partial charge in [-0.2, -0.15) is 5.26 Å². The molecule has 3 nitrogen and oxygen atoms in total. The molecule has 1 heterocycles. The molecular formula is C15H24N2O. The van der Waals surface area contributed by atoms with E-state index in [0.717, 1.165) is 31.7 Å². The Morgan fingerprint density at radius 1 is 1.17 bits per heavy atom. The van der Waals surface area contributed by atoms with Gasteiger partial charge in [-0.05, 0) is 25.2 Å². The smallest absolute Gasteiger partial charge is 0.222 e. The van der Waals surface area contributed by atoms with Gasteiger partial charge in [0.05, 0.1) is 12.0 Å². The van der Waals surface area contributed by atoms with E-state index in [1.807, 2.05) is 4.90 Å². The predicted molar refractivity (Wildman–Crippen MR) is 70.7 cm³/mol. The molecule has 18 heavy (non-hydrogen) atoms. The fraction of sp³-hybridized carbons (Fsp3) is 0.867. The number of nitriles is 1. The Hall–Kier alpha value is -1.04. The molecule has 1 aliphatic carbocycles. The molecule has 1 atom stereocenters. The molecule has 3 heteroatoms. The van der Waals surface area contributed by atoms with Gasteiger partial charge in [0.1, 0.15) is 0 Å². The molecule has 0 aromatic heterocycles. The van der Waals surface area contributed by atoms with Crippen LogP contribution in [0.1, 0.15) is 57.8 Å². The van der Waals surface area contributed by atoms with Crippen LogP contribution in [0.2, 0.25) is 0 Å². The molecule has 1 amide bonds. The molecule has 0 aromatic rings. The highest BCUT2D eigenvalue weighted by Crippen LogP contribution is 2.27. The number of piperidine rings is 1. The van der Waals surface area contributed by atoms with Crippen molar-refractivity contribution in [2.75, 3.05) is 13.1 Å². The lowest BCUT2D eigenvalue weighted by Crippen LogP contribution is -2.39. The normalized spacial score (nSPS) is 25.7. The molecule has 1 aliphatic heterocycles. The second-order valence-electron chi connectivity index (χ2n) is 5.85. The van der Waals surface area contributed by atoms with E-state index in [-0.39, 0.29) is 11.8 Å². The minimum Gasteiger partial charge on any atom is -0.341 e. The van der Waals surface area contributed by atoms with Crippen LogP contribution in [0, 0.1) is 23.2 Å². The molecule has 0 bridgehead atoms. The van der Waals surface area contributed by atoms with E-state index < -0.39 is 0 Å². The van der Waals surface area contributed by atoms with E-state index in [1.165, 1.54) is 32.1 Å². The van der Waals surface area contributed by atoms with Crippen LogP contribution in [0.15, 0.2) is 0 Å². The van der Waals surface area contributed by atoms with E-state index in [4.69, 9.17) is 5.26 Å². The van der Waals surface area contributed by atoms with Gasteiger partial charge >= 0.3 is 0 Å². The number of carbonyl (C=O) groups excluding carboxylic acids is 1. The Morgan fingerprint density at radius 2 is 1.94 bits per heavy atom. The van der Waals surface area contributed by atoms with Crippen molar-refractivity contribution in [2.24, 2.45) is 11.8 Å². The van der Waals surface area contributed by atoms with Crippen molar-refractivity contribution < 1.29 is 4.79 Å². The first-order chi connectivity index (χ1) is 8.79. The minimum absolute atomic E-state index is 0.0670. The molecule has 0 aromatic carbocycles. The van der Waals surface area contributed by atoms with Crippen molar-refractivity contribution >= 4 is 5.91 Å². The van der Waals surface area contributed by atoms with Crippen LogP contribution in [0.5, 0.6) is 0 Å². The molecule has 0 N–H and O–H groups in total. The highest BCUT2D eigenvalue weighted by atomic mass is 16.2. The maximum absolute atomic E-state index is 12.1. The maximum Gasteiger partial charge on any atom is 0.222 e. The summed E-state index contributed by atoms with van der Waals surface area (Å²) in [6.45, 7) is 1.53. The van der Waals surface area contributed by atoms with Crippen LogP contribution in [0.4, 0.5) is 0 Å². The number of hydrogen-bond acceptors (Lipinski definition) is 2. The summed E-state index contributed by atoms with van der Waals surface area (Å²) >= 11 is 0. The molecule has 1 saturated heterocycles. The van der Waals surface area contributed by atoms with Crippen LogP contribution in [0.3, 0.4) is 0 Å². The first-order valence-electron chi connectivity index (χ1n) is 7.47. The summed E-state index contributed by atoms with van der Waals surface area (Å²) in [5.41, 5.74) is 0. The third-order valence-electron chi connectivity index (χ3n) is 4.45. The maximum atomic E-state index is 12.1. The van der Waals surface area contributed by atoms with E-state index >= 15 is 0 Å². The van der Waals surface area contributed by atoms with Gasteiger partial charge in [0, 0.05) is 19.5 Å². The summed E-state index contributed by atoms with van der Waals surface area (Å²) < 4.78 is 0. The summed E-state index contributed by atoms with van der Waals surface area (Å²) in [6.07, 6.45) is 10.4. The van der Waals surface area contributed by atoms with Crippen molar-refractivity contribution in [3.8, 4) is 6.07 Å². The van der Waals surface area contributed by atoms with Crippen molar-refractivity contribution in [2.45, 2.75) is 57.8 Å². The van der Waals surface area contributed by atoms with E-state index in [1.54, 1.807) is 0 Å². The third-order valence-corrected chi connectivity index (χ3v) is 4.45.